The monoisotopic (exact) mass is 453 g/mol. The minimum Gasteiger partial charge on any atom is -0.378 e. The Balaban J connectivity index is 1.71. The van der Waals surface area contributed by atoms with Gasteiger partial charge in [-0.1, -0.05) is 25.1 Å². The van der Waals surface area contributed by atoms with E-state index in [1.807, 2.05) is 6.20 Å². The SMILES string of the molecule is CCc1nc2c(-c3nnc[nH]3)cc(N3CCOCC3)cc2n1-c1c(C)cnc2c(C)cccc12. The number of para-hydroxylation sites is 1. The van der Waals surface area contributed by atoms with Crippen LogP contribution in [0.5, 0.6) is 0 Å². The summed E-state index contributed by atoms with van der Waals surface area (Å²) in [6.45, 7) is 9.54. The van der Waals surface area contributed by atoms with E-state index in [4.69, 9.17) is 14.7 Å². The van der Waals surface area contributed by atoms with Gasteiger partial charge in [0.15, 0.2) is 5.82 Å². The second-order valence-corrected chi connectivity index (χ2v) is 8.78. The predicted molar refractivity (Wildman–Crippen MR) is 134 cm³/mol. The maximum Gasteiger partial charge on any atom is 0.163 e. The Morgan fingerprint density at radius 1 is 1.06 bits per heavy atom. The maximum atomic E-state index is 5.61. The van der Waals surface area contributed by atoms with Crippen LogP contribution in [0, 0.1) is 13.8 Å². The van der Waals surface area contributed by atoms with Crippen molar-refractivity contribution in [3.63, 3.8) is 0 Å². The highest BCUT2D eigenvalue weighted by atomic mass is 16.5. The number of aromatic nitrogens is 6. The third-order valence-corrected chi connectivity index (χ3v) is 6.66. The van der Waals surface area contributed by atoms with E-state index in [9.17, 15) is 0 Å². The first-order valence-electron chi connectivity index (χ1n) is 11.8. The molecule has 0 spiro atoms. The number of nitrogens with zero attached hydrogens (tertiary/aromatic N) is 6. The van der Waals surface area contributed by atoms with Gasteiger partial charge < -0.3 is 14.6 Å². The van der Waals surface area contributed by atoms with Gasteiger partial charge in [0.2, 0.25) is 0 Å². The average molecular weight is 454 g/mol. The van der Waals surface area contributed by atoms with E-state index < -0.39 is 0 Å². The number of nitrogens with one attached hydrogen (secondary N) is 1. The van der Waals surface area contributed by atoms with Gasteiger partial charge in [0, 0.05) is 42.3 Å². The van der Waals surface area contributed by atoms with Crippen LogP contribution in [-0.4, -0.2) is 56.0 Å². The summed E-state index contributed by atoms with van der Waals surface area (Å²) in [5, 5.41) is 9.50. The normalized spacial score (nSPS) is 14.4. The van der Waals surface area contributed by atoms with E-state index >= 15 is 0 Å². The summed E-state index contributed by atoms with van der Waals surface area (Å²) >= 11 is 0. The van der Waals surface area contributed by atoms with Gasteiger partial charge in [-0.2, -0.15) is 0 Å². The van der Waals surface area contributed by atoms with Crippen LogP contribution in [0.25, 0.3) is 39.0 Å². The van der Waals surface area contributed by atoms with Crippen molar-refractivity contribution in [3.8, 4) is 17.1 Å². The molecule has 5 aromatic rings. The molecule has 1 aliphatic heterocycles. The van der Waals surface area contributed by atoms with E-state index in [1.54, 1.807) is 6.33 Å². The third-order valence-electron chi connectivity index (χ3n) is 6.66. The van der Waals surface area contributed by atoms with Gasteiger partial charge in [0.25, 0.3) is 0 Å². The standard InChI is InChI=1S/C26H27N7O/c1-4-22-30-24-20(26-28-15-29-31-26)12-18(32-8-10-34-11-9-32)13-21(24)33(22)25-17(3)14-27-23-16(2)6-5-7-19(23)25/h5-7,12-15H,4,8-11H2,1-3H3,(H,28,29,31). The van der Waals surface area contributed by atoms with Crippen molar-refractivity contribution in [2.75, 3.05) is 31.2 Å². The number of imidazole rings is 1. The zero-order valence-corrected chi connectivity index (χ0v) is 19.7. The molecule has 1 N–H and O–H groups in total. The topological polar surface area (TPSA) is 84.8 Å². The van der Waals surface area contributed by atoms with Gasteiger partial charge in [0.05, 0.1) is 29.9 Å². The summed E-state index contributed by atoms with van der Waals surface area (Å²) in [5.74, 6) is 1.73. The molecular formula is C26H27N7O. The second kappa shape index (κ2) is 8.22. The van der Waals surface area contributed by atoms with Crippen molar-refractivity contribution in [2.45, 2.75) is 27.2 Å². The van der Waals surface area contributed by atoms with E-state index in [2.05, 4.69) is 75.8 Å². The van der Waals surface area contributed by atoms with Crippen LogP contribution in [0.3, 0.4) is 0 Å². The summed E-state index contributed by atoms with van der Waals surface area (Å²) in [5.41, 5.74) is 8.51. The number of rotatable bonds is 4. The van der Waals surface area contributed by atoms with E-state index in [-0.39, 0.29) is 0 Å². The molecule has 0 aliphatic carbocycles. The fourth-order valence-electron chi connectivity index (χ4n) is 4.97. The van der Waals surface area contributed by atoms with Gasteiger partial charge in [-0.25, -0.2) is 4.98 Å². The minimum absolute atomic E-state index is 0.722. The van der Waals surface area contributed by atoms with Crippen molar-refractivity contribution < 1.29 is 4.74 Å². The summed E-state index contributed by atoms with van der Waals surface area (Å²) < 4.78 is 7.92. The van der Waals surface area contributed by atoms with Crippen LogP contribution in [0.15, 0.2) is 42.9 Å². The van der Waals surface area contributed by atoms with Crippen LogP contribution in [0.2, 0.25) is 0 Å². The summed E-state index contributed by atoms with van der Waals surface area (Å²) in [6, 6.07) is 10.8. The highest BCUT2D eigenvalue weighted by Crippen LogP contribution is 2.36. The molecule has 1 aliphatic rings. The largest absolute Gasteiger partial charge is 0.378 e. The molecule has 0 radical (unpaired) electrons. The molecule has 0 bridgehead atoms. The molecule has 0 saturated carbocycles. The van der Waals surface area contributed by atoms with Crippen molar-refractivity contribution in [3.05, 3.63) is 59.8 Å². The highest BCUT2D eigenvalue weighted by molar-refractivity contribution is 5.98. The number of ether oxygens (including phenoxy) is 1. The molecule has 34 heavy (non-hydrogen) atoms. The Hall–Kier alpha value is -3.78. The number of aromatic amines is 1. The third kappa shape index (κ3) is 3.25. The fraction of sp³-hybridized carbons (Fsp3) is 0.308. The number of anilines is 1. The summed E-state index contributed by atoms with van der Waals surface area (Å²) in [6.07, 6.45) is 4.38. The van der Waals surface area contributed by atoms with Gasteiger partial charge in [-0.3, -0.25) is 9.55 Å². The lowest BCUT2D eigenvalue weighted by atomic mass is 10.1. The zero-order valence-electron chi connectivity index (χ0n) is 19.7. The average Bonchev–Trinajstić information content (AvgIpc) is 3.52. The Morgan fingerprint density at radius 3 is 2.68 bits per heavy atom. The maximum absolute atomic E-state index is 5.61. The Bertz CT molecular complexity index is 1500. The molecule has 172 valence electrons. The highest BCUT2D eigenvalue weighted by Gasteiger charge is 2.23. The van der Waals surface area contributed by atoms with Crippen molar-refractivity contribution >= 4 is 27.6 Å². The van der Waals surface area contributed by atoms with Crippen molar-refractivity contribution in [2.24, 2.45) is 0 Å². The van der Waals surface area contributed by atoms with Crippen LogP contribution < -0.4 is 4.90 Å². The predicted octanol–water partition coefficient (Wildman–Crippen LogP) is 4.37. The molecule has 0 atom stereocenters. The number of hydrogen-bond donors (Lipinski definition) is 1. The molecule has 6 rings (SSSR count). The Labute approximate surface area is 197 Å². The smallest absolute Gasteiger partial charge is 0.163 e. The van der Waals surface area contributed by atoms with Crippen molar-refractivity contribution in [1.82, 2.24) is 29.7 Å². The van der Waals surface area contributed by atoms with Gasteiger partial charge in [-0.05, 0) is 37.1 Å². The Morgan fingerprint density at radius 2 is 1.91 bits per heavy atom. The number of hydrogen-bond acceptors (Lipinski definition) is 6. The lowest BCUT2D eigenvalue weighted by Gasteiger charge is -2.29. The van der Waals surface area contributed by atoms with Crippen LogP contribution in [-0.2, 0) is 11.2 Å². The van der Waals surface area contributed by atoms with Gasteiger partial charge in [0.1, 0.15) is 17.7 Å². The first kappa shape index (κ1) is 20.8. The number of pyridine rings is 1. The molecule has 0 unspecified atom stereocenters. The van der Waals surface area contributed by atoms with Gasteiger partial charge in [-0.15, -0.1) is 10.2 Å². The fourth-order valence-corrected chi connectivity index (χ4v) is 4.97. The first-order valence-corrected chi connectivity index (χ1v) is 11.8. The lowest BCUT2D eigenvalue weighted by molar-refractivity contribution is 0.122. The number of fused-ring (bicyclic) bond motifs is 2. The van der Waals surface area contributed by atoms with E-state index in [1.165, 1.54) is 0 Å². The van der Waals surface area contributed by atoms with E-state index in [0.717, 1.165) is 94.4 Å². The summed E-state index contributed by atoms with van der Waals surface area (Å²) in [7, 11) is 0. The van der Waals surface area contributed by atoms with Crippen LogP contribution >= 0.6 is 0 Å². The number of morpholine rings is 1. The molecule has 3 aromatic heterocycles. The first-order chi connectivity index (χ1) is 16.7. The molecule has 1 saturated heterocycles. The van der Waals surface area contributed by atoms with E-state index in [0.29, 0.717) is 0 Å². The number of aryl methyl sites for hydroxylation is 3. The quantitative estimate of drug-likeness (QED) is 0.435. The van der Waals surface area contributed by atoms with Gasteiger partial charge >= 0.3 is 0 Å². The molecule has 0 amide bonds. The molecule has 1 fully saturated rings. The molecule has 8 heteroatoms. The van der Waals surface area contributed by atoms with Crippen molar-refractivity contribution in [1.29, 1.82) is 0 Å². The number of benzene rings is 2. The molecule has 8 nitrogen and oxygen atoms in total. The Kier molecular flexibility index (Phi) is 5.03. The summed E-state index contributed by atoms with van der Waals surface area (Å²) in [4.78, 5) is 15.4. The van der Waals surface area contributed by atoms with Crippen LogP contribution in [0.1, 0.15) is 23.9 Å². The number of H-pyrrole nitrogens is 1. The minimum atomic E-state index is 0.722. The zero-order chi connectivity index (χ0) is 23.2. The van der Waals surface area contributed by atoms with Crippen LogP contribution in [0.4, 0.5) is 5.69 Å². The molecular weight excluding hydrogens is 426 g/mol. The molecule has 4 heterocycles. The lowest BCUT2D eigenvalue weighted by Crippen LogP contribution is -2.36. The second-order valence-electron chi connectivity index (χ2n) is 8.78. The molecule has 2 aromatic carbocycles.